The van der Waals surface area contributed by atoms with Gasteiger partial charge >= 0.3 is 11.8 Å². The van der Waals surface area contributed by atoms with Crippen molar-refractivity contribution in [2.75, 3.05) is 19.6 Å². The van der Waals surface area contributed by atoms with Gasteiger partial charge in [0, 0.05) is 30.7 Å². The van der Waals surface area contributed by atoms with Gasteiger partial charge in [-0.25, -0.2) is 0 Å². The summed E-state index contributed by atoms with van der Waals surface area (Å²) in [7, 11) is 0. The van der Waals surface area contributed by atoms with Crippen LogP contribution in [0.15, 0.2) is 28.7 Å². The fourth-order valence-corrected chi connectivity index (χ4v) is 2.24. The average molecular weight is 311 g/mol. The van der Waals surface area contributed by atoms with Gasteiger partial charge in [-0.3, -0.25) is 9.59 Å². The summed E-state index contributed by atoms with van der Waals surface area (Å²) >= 11 is 3.37. The van der Waals surface area contributed by atoms with Crippen LogP contribution in [0.3, 0.4) is 0 Å². The number of rotatable bonds is 3. The van der Waals surface area contributed by atoms with Crippen molar-refractivity contribution in [2.45, 2.75) is 13.5 Å². The van der Waals surface area contributed by atoms with Crippen LogP contribution in [0.2, 0.25) is 0 Å². The van der Waals surface area contributed by atoms with E-state index in [2.05, 4.69) is 15.9 Å². The summed E-state index contributed by atoms with van der Waals surface area (Å²) < 4.78 is 1.00. The molecule has 0 aliphatic carbocycles. The molecule has 1 heterocycles. The van der Waals surface area contributed by atoms with Crippen LogP contribution in [0.5, 0.6) is 0 Å². The van der Waals surface area contributed by atoms with E-state index in [1.54, 1.807) is 9.80 Å². The van der Waals surface area contributed by atoms with Gasteiger partial charge in [-0.2, -0.15) is 0 Å². The number of nitrogens with zero attached hydrogens (tertiary/aromatic N) is 2. The van der Waals surface area contributed by atoms with E-state index in [4.69, 9.17) is 0 Å². The standard InChI is InChI=1S/C13H15BrN2O2/c1-2-15-7-8-16(13(18)12(15)17)9-10-3-5-11(14)6-4-10/h3-6H,2,7-9H2,1H3. The lowest BCUT2D eigenvalue weighted by molar-refractivity contribution is -0.156. The van der Waals surface area contributed by atoms with Crippen molar-refractivity contribution in [3.8, 4) is 0 Å². The van der Waals surface area contributed by atoms with Gasteiger partial charge in [-0.15, -0.1) is 0 Å². The Morgan fingerprint density at radius 1 is 1.06 bits per heavy atom. The van der Waals surface area contributed by atoms with E-state index in [-0.39, 0.29) is 5.91 Å². The Balaban J connectivity index is 2.04. The number of piperazine rings is 1. The molecule has 1 fully saturated rings. The van der Waals surface area contributed by atoms with Gasteiger partial charge in [-0.05, 0) is 24.6 Å². The Morgan fingerprint density at radius 3 is 2.22 bits per heavy atom. The molecule has 0 bridgehead atoms. The maximum Gasteiger partial charge on any atom is 0.312 e. The Hall–Kier alpha value is -1.36. The number of likely N-dealkylation sites (N-methyl/N-ethyl adjacent to an activating group) is 1. The molecule has 1 aromatic rings. The first-order chi connectivity index (χ1) is 8.61. The molecule has 1 aliphatic rings. The summed E-state index contributed by atoms with van der Waals surface area (Å²) in [5.74, 6) is -0.785. The quantitative estimate of drug-likeness (QED) is 0.796. The Labute approximate surface area is 115 Å². The van der Waals surface area contributed by atoms with Crippen molar-refractivity contribution < 1.29 is 9.59 Å². The first kappa shape index (κ1) is 13.1. The fourth-order valence-electron chi connectivity index (χ4n) is 1.98. The maximum absolute atomic E-state index is 11.9. The normalized spacial score (nSPS) is 16.3. The first-order valence-corrected chi connectivity index (χ1v) is 6.73. The van der Waals surface area contributed by atoms with E-state index in [0.717, 1.165) is 10.0 Å². The molecular formula is C13H15BrN2O2. The van der Waals surface area contributed by atoms with Gasteiger partial charge < -0.3 is 9.80 Å². The van der Waals surface area contributed by atoms with Crippen molar-refractivity contribution in [1.82, 2.24) is 9.80 Å². The summed E-state index contributed by atoms with van der Waals surface area (Å²) in [6.07, 6.45) is 0. The molecule has 0 unspecified atom stereocenters. The minimum absolute atomic E-state index is 0.388. The molecule has 5 heteroatoms. The van der Waals surface area contributed by atoms with Crippen LogP contribution in [0.25, 0.3) is 0 Å². The van der Waals surface area contributed by atoms with Gasteiger partial charge in [0.05, 0.1) is 0 Å². The number of benzene rings is 1. The number of halogens is 1. The summed E-state index contributed by atoms with van der Waals surface area (Å²) in [5.41, 5.74) is 1.03. The molecule has 4 nitrogen and oxygen atoms in total. The monoisotopic (exact) mass is 310 g/mol. The van der Waals surface area contributed by atoms with Crippen molar-refractivity contribution in [3.05, 3.63) is 34.3 Å². The van der Waals surface area contributed by atoms with Crippen LogP contribution in [-0.4, -0.2) is 41.2 Å². The Morgan fingerprint density at radius 2 is 1.61 bits per heavy atom. The zero-order chi connectivity index (χ0) is 13.1. The Kier molecular flexibility index (Phi) is 4.01. The van der Waals surface area contributed by atoms with Gasteiger partial charge in [0.25, 0.3) is 0 Å². The van der Waals surface area contributed by atoms with E-state index >= 15 is 0 Å². The number of hydrogen-bond acceptors (Lipinski definition) is 2. The minimum Gasteiger partial charge on any atom is -0.333 e. The van der Waals surface area contributed by atoms with Crippen LogP contribution in [-0.2, 0) is 16.1 Å². The minimum atomic E-state index is -0.397. The Bertz CT molecular complexity index is 459. The molecule has 18 heavy (non-hydrogen) atoms. The molecule has 0 aromatic heterocycles. The van der Waals surface area contributed by atoms with Crippen LogP contribution in [0.4, 0.5) is 0 Å². The zero-order valence-corrected chi connectivity index (χ0v) is 11.8. The van der Waals surface area contributed by atoms with Crippen molar-refractivity contribution >= 4 is 27.7 Å². The predicted molar refractivity (Wildman–Crippen MR) is 71.8 cm³/mol. The van der Waals surface area contributed by atoms with E-state index in [9.17, 15) is 9.59 Å². The molecule has 1 aliphatic heterocycles. The van der Waals surface area contributed by atoms with Crippen molar-refractivity contribution in [1.29, 1.82) is 0 Å². The molecular weight excluding hydrogens is 296 g/mol. The molecule has 2 rings (SSSR count). The summed E-state index contributed by atoms with van der Waals surface area (Å²) in [5, 5.41) is 0. The number of carbonyl (C=O) groups excluding carboxylic acids is 2. The first-order valence-electron chi connectivity index (χ1n) is 5.94. The third-order valence-corrected chi connectivity index (χ3v) is 3.59. The highest BCUT2D eigenvalue weighted by molar-refractivity contribution is 9.10. The largest absolute Gasteiger partial charge is 0.333 e. The van der Waals surface area contributed by atoms with Gasteiger partial charge in [0.15, 0.2) is 0 Å². The predicted octanol–water partition coefficient (Wildman–Crippen LogP) is 1.64. The molecule has 0 radical (unpaired) electrons. The second kappa shape index (κ2) is 5.52. The van der Waals surface area contributed by atoms with E-state index < -0.39 is 5.91 Å². The van der Waals surface area contributed by atoms with Gasteiger partial charge in [0.2, 0.25) is 0 Å². The number of carbonyl (C=O) groups is 2. The number of amides is 2. The summed E-state index contributed by atoms with van der Waals surface area (Å²) in [6, 6.07) is 7.77. The number of hydrogen-bond donors (Lipinski definition) is 0. The van der Waals surface area contributed by atoms with Crippen molar-refractivity contribution in [3.63, 3.8) is 0 Å². The van der Waals surface area contributed by atoms with Crippen LogP contribution >= 0.6 is 15.9 Å². The lowest BCUT2D eigenvalue weighted by Gasteiger charge is -2.33. The highest BCUT2D eigenvalue weighted by Gasteiger charge is 2.31. The second-order valence-electron chi connectivity index (χ2n) is 4.24. The second-order valence-corrected chi connectivity index (χ2v) is 5.15. The summed E-state index contributed by atoms with van der Waals surface area (Å²) in [6.45, 7) is 4.20. The smallest absolute Gasteiger partial charge is 0.312 e. The molecule has 0 atom stereocenters. The van der Waals surface area contributed by atoms with Gasteiger partial charge in [0.1, 0.15) is 0 Å². The zero-order valence-electron chi connectivity index (χ0n) is 10.2. The molecule has 0 saturated carbocycles. The third kappa shape index (κ3) is 2.72. The third-order valence-electron chi connectivity index (χ3n) is 3.07. The van der Waals surface area contributed by atoms with Crippen molar-refractivity contribution in [2.24, 2.45) is 0 Å². The van der Waals surface area contributed by atoms with Gasteiger partial charge in [-0.1, -0.05) is 28.1 Å². The summed E-state index contributed by atoms with van der Waals surface area (Å²) in [4.78, 5) is 26.8. The molecule has 0 spiro atoms. The average Bonchev–Trinajstić information content (AvgIpc) is 2.38. The highest BCUT2D eigenvalue weighted by Crippen LogP contribution is 2.14. The van der Waals surface area contributed by atoms with Crippen LogP contribution in [0, 0.1) is 0 Å². The van der Waals surface area contributed by atoms with E-state index in [1.165, 1.54) is 0 Å². The molecule has 1 aromatic carbocycles. The lowest BCUT2D eigenvalue weighted by atomic mass is 10.2. The van der Waals surface area contributed by atoms with E-state index in [1.807, 2.05) is 31.2 Å². The fraction of sp³-hybridized carbons (Fsp3) is 0.385. The topological polar surface area (TPSA) is 40.6 Å². The molecule has 96 valence electrons. The SMILES string of the molecule is CCN1CCN(Cc2ccc(Br)cc2)C(=O)C1=O. The lowest BCUT2D eigenvalue weighted by Crippen LogP contribution is -2.53. The maximum atomic E-state index is 11.9. The van der Waals surface area contributed by atoms with Crippen LogP contribution in [0.1, 0.15) is 12.5 Å². The molecule has 0 N–H and O–H groups in total. The van der Waals surface area contributed by atoms with Crippen LogP contribution < -0.4 is 0 Å². The molecule has 1 saturated heterocycles. The van der Waals surface area contributed by atoms with E-state index in [0.29, 0.717) is 26.2 Å². The molecule has 2 amide bonds. The highest BCUT2D eigenvalue weighted by atomic mass is 79.9.